The van der Waals surface area contributed by atoms with Crippen molar-refractivity contribution in [3.8, 4) is 11.1 Å². The number of fused-ring (bicyclic) bond motifs is 1. The highest BCUT2D eigenvalue weighted by Crippen LogP contribution is 2.30. The van der Waals surface area contributed by atoms with Crippen molar-refractivity contribution in [3.05, 3.63) is 60.3 Å². The van der Waals surface area contributed by atoms with Crippen LogP contribution in [-0.4, -0.2) is 15.6 Å². The molecule has 1 heterocycles. The van der Waals surface area contributed by atoms with Crippen LogP contribution in [0.2, 0.25) is 0 Å². The minimum atomic E-state index is -0.899. The van der Waals surface area contributed by atoms with Gasteiger partial charge in [0.2, 0.25) is 0 Å². The second-order valence-electron chi connectivity index (χ2n) is 4.56. The molecule has 0 saturated heterocycles. The van der Waals surface area contributed by atoms with Crippen molar-refractivity contribution < 1.29 is 9.90 Å². The summed E-state index contributed by atoms with van der Waals surface area (Å²) in [6, 6.07) is 15.3. The van der Waals surface area contributed by atoms with Gasteiger partial charge in [0.25, 0.3) is 0 Å². The summed E-state index contributed by atoms with van der Waals surface area (Å²) < 4.78 is 1.96. The summed E-state index contributed by atoms with van der Waals surface area (Å²) in [6.07, 6.45) is 2.03. The Balaban J connectivity index is 0.000000774. The van der Waals surface area contributed by atoms with Crippen LogP contribution in [0, 0.1) is 0 Å². The van der Waals surface area contributed by atoms with Gasteiger partial charge in [-0.15, -0.1) is 0 Å². The van der Waals surface area contributed by atoms with Gasteiger partial charge in [-0.2, -0.15) is 0 Å². The lowest BCUT2D eigenvalue weighted by Gasteiger charge is -2.00. The second kappa shape index (κ2) is 6.27. The molecule has 0 amide bonds. The lowest BCUT2D eigenvalue weighted by Crippen LogP contribution is -1.96. The molecule has 0 aliphatic carbocycles. The molecular weight excluding hydrogens is 262 g/mol. The molecular formula is C18H19NO2. The van der Waals surface area contributed by atoms with Crippen molar-refractivity contribution in [3.63, 3.8) is 0 Å². The number of aromatic carboxylic acids is 1. The fourth-order valence-electron chi connectivity index (χ4n) is 2.36. The van der Waals surface area contributed by atoms with Crippen LogP contribution >= 0.6 is 0 Å². The summed E-state index contributed by atoms with van der Waals surface area (Å²) in [4.78, 5) is 11.0. The second-order valence-corrected chi connectivity index (χ2v) is 4.56. The first-order chi connectivity index (χ1) is 10.2. The molecule has 2 aromatic carbocycles. The normalized spacial score (nSPS) is 10.0. The average Bonchev–Trinajstić information content (AvgIpc) is 2.87. The Morgan fingerprint density at radius 3 is 2.33 bits per heavy atom. The summed E-state index contributed by atoms with van der Waals surface area (Å²) >= 11 is 0. The molecule has 0 unspecified atom stereocenters. The van der Waals surface area contributed by atoms with Gasteiger partial charge in [0.1, 0.15) is 0 Å². The summed E-state index contributed by atoms with van der Waals surface area (Å²) in [5.74, 6) is -0.899. The number of carboxylic acid groups (broad SMARTS) is 1. The first-order valence-electron chi connectivity index (χ1n) is 7.04. The molecule has 3 rings (SSSR count). The van der Waals surface area contributed by atoms with Gasteiger partial charge >= 0.3 is 5.97 Å². The largest absolute Gasteiger partial charge is 0.478 e. The fourth-order valence-corrected chi connectivity index (χ4v) is 2.36. The Morgan fingerprint density at radius 1 is 1.05 bits per heavy atom. The van der Waals surface area contributed by atoms with Gasteiger partial charge in [-0.1, -0.05) is 50.2 Å². The van der Waals surface area contributed by atoms with Crippen LogP contribution in [0.5, 0.6) is 0 Å². The number of aryl methyl sites for hydroxylation is 1. The molecule has 1 aromatic heterocycles. The van der Waals surface area contributed by atoms with Crippen molar-refractivity contribution in [2.24, 2.45) is 7.05 Å². The van der Waals surface area contributed by atoms with Crippen LogP contribution < -0.4 is 0 Å². The van der Waals surface area contributed by atoms with E-state index in [9.17, 15) is 4.79 Å². The molecule has 0 spiro atoms. The van der Waals surface area contributed by atoms with Gasteiger partial charge < -0.3 is 9.67 Å². The van der Waals surface area contributed by atoms with Crippen LogP contribution in [-0.2, 0) is 7.05 Å². The Hall–Kier alpha value is -2.55. The minimum absolute atomic E-state index is 0.313. The van der Waals surface area contributed by atoms with Crippen LogP contribution in [0.25, 0.3) is 22.0 Å². The number of hydrogen-bond acceptors (Lipinski definition) is 1. The Labute approximate surface area is 124 Å². The highest BCUT2D eigenvalue weighted by Gasteiger charge is 2.11. The van der Waals surface area contributed by atoms with Crippen LogP contribution in [0.4, 0.5) is 0 Å². The van der Waals surface area contributed by atoms with E-state index in [1.54, 1.807) is 12.1 Å². The van der Waals surface area contributed by atoms with Gasteiger partial charge in [0.05, 0.1) is 5.56 Å². The molecule has 0 radical (unpaired) electrons. The van der Waals surface area contributed by atoms with Gasteiger partial charge in [-0.05, 0) is 17.7 Å². The van der Waals surface area contributed by atoms with Crippen molar-refractivity contribution in [2.75, 3.05) is 0 Å². The zero-order valence-electron chi connectivity index (χ0n) is 12.5. The van der Waals surface area contributed by atoms with Crippen LogP contribution in [0.3, 0.4) is 0 Å². The summed E-state index contributed by atoms with van der Waals surface area (Å²) in [6.45, 7) is 4.00. The highest BCUT2D eigenvalue weighted by molar-refractivity contribution is 6.00. The van der Waals surface area contributed by atoms with E-state index in [0.29, 0.717) is 5.56 Å². The molecule has 0 bridgehead atoms. The van der Waals surface area contributed by atoms with Gasteiger partial charge in [0.15, 0.2) is 0 Å². The molecule has 3 nitrogen and oxygen atoms in total. The minimum Gasteiger partial charge on any atom is -0.478 e. The number of benzene rings is 2. The molecule has 0 aliphatic rings. The lowest BCUT2D eigenvalue weighted by atomic mass is 10.0. The first-order valence-corrected chi connectivity index (χ1v) is 7.04. The standard InChI is InChI=1S/C16H13NO2.C2H6/c1-17-10-14(11-5-3-2-4-6-11)13-8-7-12(16(18)19)9-15(13)17;1-2/h2-10H,1H3,(H,18,19);1-2H3. The quantitative estimate of drug-likeness (QED) is 0.747. The van der Waals surface area contributed by atoms with Gasteiger partial charge in [0, 0.05) is 29.7 Å². The zero-order chi connectivity index (χ0) is 15.4. The van der Waals surface area contributed by atoms with E-state index in [0.717, 1.165) is 22.0 Å². The van der Waals surface area contributed by atoms with Crippen molar-refractivity contribution in [1.29, 1.82) is 0 Å². The third-order valence-corrected chi connectivity index (χ3v) is 3.32. The Bertz CT molecular complexity index is 757. The zero-order valence-corrected chi connectivity index (χ0v) is 12.5. The monoisotopic (exact) mass is 281 g/mol. The lowest BCUT2D eigenvalue weighted by molar-refractivity contribution is 0.0697. The number of carboxylic acids is 1. The highest BCUT2D eigenvalue weighted by atomic mass is 16.4. The number of hydrogen-bond donors (Lipinski definition) is 1. The summed E-state index contributed by atoms with van der Waals surface area (Å²) in [5, 5.41) is 10.1. The maximum absolute atomic E-state index is 11.0. The molecule has 21 heavy (non-hydrogen) atoms. The predicted octanol–water partition coefficient (Wildman–Crippen LogP) is 4.57. The number of rotatable bonds is 2. The molecule has 1 N–H and O–H groups in total. The maximum Gasteiger partial charge on any atom is 0.335 e. The molecule has 0 aliphatic heterocycles. The maximum atomic E-state index is 11.0. The smallest absolute Gasteiger partial charge is 0.335 e. The number of carbonyl (C=O) groups is 1. The molecule has 0 saturated carbocycles. The van der Waals surface area contributed by atoms with E-state index in [1.807, 2.05) is 55.9 Å². The molecule has 3 aromatic rings. The predicted molar refractivity (Wildman–Crippen MR) is 86.7 cm³/mol. The number of aromatic nitrogens is 1. The van der Waals surface area contributed by atoms with E-state index < -0.39 is 5.97 Å². The van der Waals surface area contributed by atoms with E-state index in [2.05, 4.69) is 12.1 Å². The van der Waals surface area contributed by atoms with Crippen molar-refractivity contribution in [2.45, 2.75) is 13.8 Å². The molecule has 108 valence electrons. The van der Waals surface area contributed by atoms with Crippen LogP contribution in [0.15, 0.2) is 54.7 Å². The molecule has 0 fully saturated rings. The van der Waals surface area contributed by atoms with Crippen molar-refractivity contribution >= 4 is 16.9 Å². The summed E-state index contributed by atoms with van der Waals surface area (Å²) in [7, 11) is 1.93. The summed E-state index contributed by atoms with van der Waals surface area (Å²) in [5.41, 5.74) is 3.50. The van der Waals surface area contributed by atoms with E-state index >= 15 is 0 Å². The van der Waals surface area contributed by atoms with E-state index in [4.69, 9.17) is 5.11 Å². The Morgan fingerprint density at radius 2 is 1.71 bits per heavy atom. The van der Waals surface area contributed by atoms with E-state index in [-0.39, 0.29) is 0 Å². The molecule has 0 atom stereocenters. The number of nitrogens with zero attached hydrogens (tertiary/aromatic N) is 1. The van der Waals surface area contributed by atoms with Gasteiger partial charge in [-0.25, -0.2) is 4.79 Å². The molecule has 3 heteroatoms. The van der Waals surface area contributed by atoms with E-state index in [1.165, 1.54) is 0 Å². The SMILES string of the molecule is CC.Cn1cc(-c2ccccc2)c2ccc(C(=O)O)cc21. The topological polar surface area (TPSA) is 42.2 Å². The average molecular weight is 281 g/mol. The van der Waals surface area contributed by atoms with Crippen LogP contribution in [0.1, 0.15) is 24.2 Å². The fraction of sp³-hybridized carbons (Fsp3) is 0.167. The van der Waals surface area contributed by atoms with Crippen molar-refractivity contribution in [1.82, 2.24) is 4.57 Å². The third kappa shape index (κ3) is 2.82. The first kappa shape index (κ1) is 14.9. The third-order valence-electron chi connectivity index (χ3n) is 3.32. The van der Waals surface area contributed by atoms with Gasteiger partial charge in [-0.3, -0.25) is 0 Å². The Kier molecular flexibility index (Phi) is 4.43.